The van der Waals surface area contributed by atoms with Crippen LogP contribution in [-0.2, 0) is 0 Å². The van der Waals surface area contributed by atoms with Crippen LogP contribution >= 0.6 is 0 Å². The molecule has 2 rings (SSSR count). The van der Waals surface area contributed by atoms with Crippen molar-refractivity contribution < 1.29 is 10.2 Å². The predicted octanol–water partition coefficient (Wildman–Crippen LogP) is 3.28. The van der Waals surface area contributed by atoms with Crippen molar-refractivity contribution in [2.75, 3.05) is 0 Å². The SMILES string of the molecule is Cc1ccc(C)c(C(O)C(O)C2CCCCC2)c1. The van der Waals surface area contributed by atoms with E-state index in [1.54, 1.807) is 0 Å². The average molecular weight is 248 g/mol. The normalized spacial score (nSPS) is 20.7. The lowest BCUT2D eigenvalue weighted by molar-refractivity contribution is -0.0288. The number of benzene rings is 1. The Bertz CT molecular complexity index is 394. The van der Waals surface area contributed by atoms with Crippen LogP contribution in [0.2, 0.25) is 0 Å². The highest BCUT2D eigenvalue weighted by atomic mass is 16.3. The maximum atomic E-state index is 10.4. The second kappa shape index (κ2) is 5.85. The lowest BCUT2D eigenvalue weighted by Crippen LogP contribution is -2.29. The molecule has 1 saturated carbocycles. The van der Waals surface area contributed by atoms with Crippen LogP contribution in [-0.4, -0.2) is 16.3 Å². The fourth-order valence-electron chi connectivity index (χ4n) is 3.00. The molecule has 2 unspecified atom stereocenters. The summed E-state index contributed by atoms with van der Waals surface area (Å²) in [5, 5.41) is 20.8. The average Bonchev–Trinajstić information content (AvgIpc) is 2.41. The maximum Gasteiger partial charge on any atom is 0.105 e. The predicted molar refractivity (Wildman–Crippen MR) is 73.5 cm³/mol. The van der Waals surface area contributed by atoms with E-state index in [9.17, 15) is 10.2 Å². The van der Waals surface area contributed by atoms with Gasteiger partial charge in [0.2, 0.25) is 0 Å². The summed E-state index contributed by atoms with van der Waals surface area (Å²) in [6.45, 7) is 4.01. The van der Waals surface area contributed by atoms with Gasteiger partial charge in [-0.3, -0.25) is 0 Å². The van der Waals surface area contributed by atoms with Crippen molar-refractivity contribution in [3.8, 4) is 0 Å². The standard InChI is InChI=1S/C16H24O2/c1-11-8-9-12(2)14(10-11)16(18)15(17)13-6-4-3-5-7-13/h8-10,13,15-18H,3-7H2,1-2H3. The quantitative estimate of drug-likeness (QED) is 0.862. The highest BCUT2D eigenvalue weighted by Gasteiger charge is 2.29. The van der Waals surface area contributed by atoms with Crippen molar-refractivity contribution in [2.24, 2.45) is 5.92 Å². The fourth-order valence-corrected chi connectivity index (χ4v) is 3.00. The van der Waals surface area contributed by atoms with E-state index in [1.165, 1.54) is 19.3 Å². The number of rotatable bonds is 3. The van der Waals surface area contributed by atoms with Crippen LogP contribution in [0.3, 0.4) is 0 Å². The topological polar surface area (TPSA) is 40.5 Å². The Labute approximate surface area is 110 Å². The molecule has 0 bridgehead atoms. The minimum absolute atomic E-state index is 0.258. The largest absolute Gasteiger partial charge is 0.390 e. The molecule has 0 spiro atoms. The molecule has 0 saturated heterocycles. The molecule has 2 N–H and O–H groups in total. The summed E-state index contributed by atoms with van der Waals surface area (Å²) in [5.74, 6) is 0.258. The Morgan fingerprint density at radius 2 is 1.72 bits per heavy atom. The van der Waals surface area contributed by atoms with Gasteiger partial charge in [0.25, 0.3) is 0 Å². The van der Waals surface area contributed by atoms with Gasteiger partial charge in [-0.15, -0.1) is 0 Å². The van der Waals surface area contributed by atoms with Crippen LogP contribution in [0.5, 0.6) is 0 Å². The van der Waals surface area contributed by atoms with E-state index < -0.39 is 12.2 Å². The van der Waals surface area contributed by atoms with Crippen molar-refractivity contribution in [2.45, 2.75) is 58.2 Å². The summed E-state index contributed by atoms with van der Waals surface area (Å²) in [6.07, 6.45) is 4.36. The molecule has 0 aliphatic heterocycles. The minimum Gasteiger partial charge on any atom is -0.390 e. The summed E-state index contributed by atoms with van der Waals surface area (Å²) in [4.78, 5) is 0. The second-order valence-electron chi connectivity index (χ2n) is 5.69. The lowest BCUT2D eigenvalue weighted by Gasteiger charge is -2.30. The van der Waals surface area contributed by atoms with Crippen LogP contribution in [0.25, 0.3) is 0 Å². The number of aryl methyl sites for hydroxylation is 2. The lowest BCUT2D eigenvalue weighted by atomic mass is 9.81. The van der Waals surface area contributed by atoms with E-state index in [0.717, 1.165) is 29.5 Å². The summed E-state index contributed by atoms with van der Waals surface area (Å²) in [7, 11) is 0. The summed E-state index contributed by atoms with van der Waals surface area (Å²) in [5.41, 5.74) is 3.07. The van der Waals surface area contributed by atoms with Gasteiger partial charge in [0.1, 0.15) is 6.10 Å². The van der Waals surface area contributed by atoms with E-state index >= 15 is 0 Å². The van der Waals surface area contributed by atoms with Crippen LogP contribution < -0.4 is 0 Å². The van der Waals surface area contributed by atoms with Crippen molar-refractivity contribution in [1.82, 2.24) is 0 Å². The van der Waals surface area contributed by atoms with Gasteiger partial charge in [-0.25, -0.2) is 0 Å². The van der Waals surface area contributed by atoms with Crippen molar-refractivity contribution in [3.05, 3.63) is 34.9 Å². The zero-order valence-corrected chi connectivity index (χ0v) is 11.4. The van der Waals surface area contributed by atoms with Crippen molar-refractivity contribution in [1.29, 1.82) is 0 Å². The Hall–Kier alpha value is -0.860. The molecule has 1 aromatic carbocycles. The van der Waals surface area contributed by atoms with Gasteiger partial charge in [-0.05, 0) is 43.7 Å². The summed E-state index contributed by atoms with van der Waals surface area (Å²) < 4.78 is 0. The molecule has 2 nitrogen and oxygen atoms in total. The van der Waals surface area contributed by atoms with Crippen molar-refractivity contribution in [3.63, 3.8) is 0 Å². The zero-order valence-electron chi connectivity index (χ0n) is 11.4. The molecule has 100 valence electrons. The third-order valence-corrected chi connectivity index (χ3v) is 4.21. The smallest absolute Gasteiger partial charge is 0.105 e. The third kappa shape index (κ3) is 2.93. The molecule has 1 aliphatic rings. The molecule has 1 fully saturated rings. The number of hydrogen-bond acceptors (Lipinski definition) is 2. The molecule has 0 heterocycles. The van der Waals surface area contributed by atoms with Gasteiger partial charge < -0.3 is 10.2 Å². The highest BCUT2D eigenvalue weighted by molar-refractivity contribution is 5.32. The van der Waals surface area contributed by atoms with E-state index in [4.69, 9.17) is 0 Å². The molecule has 0 aromatic heterocycles. The van der Waals surface area contributed by atoms with Gasteiger partial charge in [0, 0.05) is 0 Å². The first-order valence-corrected chi connectivity index (χ1v) is 7.03. The molecule has 0 radical (unpaired) electrons. The Morgan fingerprint density at radius 1 is 1.06 bits per heavy atom. The molecule has 2 heteroatoms. The number of aliphatic hydroxyl groups is 2. The Kier molecular flexibility index (Phi) is 4.41. The van der Waals surface area contributed by atoms with E-state index in [-0.39, 0.29) is 5.92 Å². The summed E-state index contributed by atoms with van der Waals surface area (Å²) in [6, 6.07) is 6.05. The van der Waals surface area contributed by atoms with Gasteiger partial charge in [-0.2, -0.15) is 0 Å². The van der Waals surface area contributed by atoms with Crippen LogP contribution in [0.1, 0.15) is 54.9 Å². The molecule has 18 heavy (non-hydrogen) atoms. The van der Waals surface area contributed by atoms with E-state index in [2.05, 4.69) is 0 Å². The Morgan fingerprint density at radius 3 is 2.39 bits per heavy atom. The molecule has 0 amide bonds. The van der Waals surface area contributed by atoms with Crippen LogP contribution in [0.4, 0.5) is 0 Å². The van der Waals surface area contributed by atoms with Gasteiger partial charge >= 0.3 is 0 Å². The molecule has 1 aromatic rings. The second-order valence-corrected chi connectivity index (χ2v) is 5.69. The molecule has 1 aliphatic carbocycles. The maximum absolute atomic E-state index is 10.4. The van der Waals surface area contributed by atoms with Gasteiger partial charge in [0.15, 0.2) is 0 Å². The summed E-state index contributed by atoms with van der Waals surface area (Å²) >= 11 is 0. The van der Waals surface area contributed by atoms with Gasteiger partial charge in [-0.1, -0.05) is 43.0 Å². The molecular weight excluding hydrogens is 224 g/mol. The minimum atomic E-state index is -0.743. The van der Waals surface area contributed by atoms with E-state index in [0.29, 0.717) is 0 Å². The first-order valence-electron chi connectivity index (χ1n) is 7.03. The van der Waals surface area contributed by atoms with E-state index in [1.807, 2.05) is 32.0 Å². The Balaban J connectivity index is 2.13. The molecule has 2 atom stereocenters. The zero-order chi connectivity index (χ0) is 13.1. The first-order chi connectivity index (χ1) is 8.59. The highest BCUT2D eigenvalue weighted by Crippen LogP contribution is 2.33. The fraction of sp³-hybridized carbons (Fsp3) is 0.625. The van der Waals surface area contributed by atoms with Crippen molar-refractivity contribution >= 4 is 0 Å². The van der Waals surface area contributed by atoms with Crippen LogP contribution in [0.15, 0.2) is 18.2 Å². The monoisotopic (exact) mass is 248 g/mol. The van der Waals surface area contributed by atoms with Gasteiger partial charge in [0.05, 0.1) is 6.10 Å². The first kappa shape index (κ1) is 13.6. The number of hydrogen-bond donors (Lipinski definition) is 2. The molecular formula is C16H24O2. The number of aliphatic hydroxyl groups excluding tert-OH is 2. The van der Waals surface area contributed by atoms with Crippen LogP contribution in [0, 0.1) is 19.8 Å². The third-order valence-electron chi connectivity index (χ3n) is 4.21.